The van der Waals surface area contributed by atoms with Crippen LogP contribution in [0, 0.1) is 11.3 Å². The van der Waals surface area contributed by atoms with Crippen LogP contribution < -0.4 is 14.4 Å². The highest BCUT2D eigenvalue weighted by atomic mass is 35.5. The summed E-state index contributed by atoms with van der Waals surface area (Å²) in [4.78, 5) is 37.6. The number of ether oxygens (including phenoxy) is 2. The third-order valence-electron chi connectivity index (χ3n) is 9.74. The molecule has 1 atom stereocenters. The maximum atomic E-state index is 13.2. The van der Waals surface area contributed by atoms with Gasteiger partial charge < -0.3 is 19.3 Å². The summed E-state index contributed by atoms with van der Waals surface area (Å²) in [5.74, 6) is 0.167. The Kier molecular flexibility index (Phi) is 11.8. The van der Waals surface area contributed by atoms with Crippen molar-refractivity contribution in [3.05, 3.63) is 53.4 Å². The second-order valence-electron chi connectivity index (χ2n) is 15.7. The molecule has 296 valence electrons. The summed E-state index contributed by atoms with van der Waals surface area (Å²) in [5.41, 5.74) is -2.72. The number of pyridine rings is 2. The van der Waals surface area contributed by atoms with Crippen molar-refractivity contribution in [3.8, 4) is 11.7 Å². The van der Waals surface area contributed by atoms with Crippen molar-refractivity contribution in [2.45, 2.75) is 102 Å². The zero-order chi connectivity index (χ0) is 39.7. The molecule has 1 saturated heterocycles. The minimum absolute atomic E-state index is 0.0842. The molecule has 2 amide bonds. The van der Waals surface area contributed by atoms with Crippen LogP contribution in [0.1, 0.15) is 89.9 Å². The van der Waals surface area contributed by atoms with Gasteiger partial charge >= 0.3 is 12.3 Å². The van der Waals surface area contributed by atoms with E-state index in [4.69, 9.17) is 21.1 Å². The predicted octanol–water partition coefficient (Wildman–Crippen LogP) is 7.19. The molecule has 4 heterocycles. The fourth-order valence-corrected chi connectivity index (χ4v) is 7.66. The second-order valence-corrected chi connectivity index (χ2v) is 17.7. The first kappa shape index (κ1) is 41.1. The van der Waals surface area contributed by atoms with E-state index in [2.05, 4.69) is 28.9 Å². The van der Waals surface area contributed by atoms with E-state index in [1.165, 1.54) is 41.3 Å². The van der Waals surface area contributed by atoms with Gasteiger partial charge in [-0.1, -0.05) is 18.0 Å². The SMILES string of the molecule is CN(CCCCC1CN(C(=O)OC(C)(C)C)C(C)(C)C1)c1ccc(S(=O)(=O)NC(=O)c2ccc(-n3ccc(OCCC4(C(F)(F)F)CC4)n3)nc2Cl)cn1. The van der Waals surface area contributed by atoms with Gasteiger partial charge in [-0.25, -0.2) is 32.6 Å². The molecule has 54 heavy (non-hydrogen) atoms. The molecule has 13 nitrogen and oxygen atoms in total. The number of aromatic nitrogens is 4. The number of nitrogens with zero attached hydrogens (tertiary/aromatic N) is 6. The van der Waals surface area contributed by atoms with Crippen LogP contribution in [0.15, 0.2) is 47.6 Å². The smallest absolute Gasteiger partial charge is 0.410 e. The quantitative estimate of drug-likeness (QED) is 0.131. The molecule has 5 rings (SSSR count). The van der Waals surface area contributed by atoms with Gasteiger partial charge in [0.25, 0.3) is 15.9 Å². The van der Waals surface area contributed by atoms with Gasteiger partial charge in [0.1, 0.15) is 21.5 Å². The molecule has 0 aromatic carbocycles. The lowest BCUT2D eigenvalue weighted by atomic mass is 9.93. The summed E-state index contributed by atoms with van der Waals surface area (Å²) in [7, 11) is -2.46. The van der Waals surface area contributed by atoms with Gasteiger partial charge in [0, 0.05) is 44.1 Å². The zero-order valence-corrected chi connectivity index (χ0v) is 32.8. The lowest BCUT2D eigenvalue weighted by molar-refractivity contribution is -0.190. The summed E-state index contributed by atoms with van der Waals surface area (Å²) in [6, 6.07) is 7.02. The summed E-state index contributed by atoms with van der Waals surface area (Å²) < 4.78 is 79.9. The minimum Gasteiger partial charge on any atom is -0.477 e. The van der Waals surface area contributed by atoms with Gasteiger partial charge in [-0.05, 0) is 103 Å². The summed E-state index contributed by atoms with van der Waals surface area (Å²) >= 11 is 6.25. The van der Waals surface area contributed by atoms with Gasteiger partial charge in [0.05, 0.1) is 17.6 Å². The number of sulfonamides is 1. The monoisotopic (exact) mass is 797 g/mol. The average molecular weight is 798 g/mol. The van der Waals surface area contributed by atoms with E-state index in [9.17, 15) is 31.2 Å². The van der Waals surface area contributed by atoms with Gasteiger partial charge in [-0.2, -0.15) is 13.2 Å². The summed E-state index contributed by atoms with van der Waals surface area (Å²) in [6.07, 6.45) is 1.74. The van der Waals surface area contributed by atoms with Gasteiger partial charge in [-0.3, -0.25) is 4.79 Å². The highest BCUT2D eigenvalue weighted by Gasteiger charge is 2.62. The Balaban J connectivity index is 1.08. The molecule has 0 spiro atoms. The van der Waals surface area contributed by atoms with Crippen LogP contribution in [0.4, 0.5) is 23.8 Å². The highest BCUT2D eigenvalue weighted by Crippen LogP contribution is 2.59. The number of likely N-dealkylation sites (tertiary alicyclic amines) is 1. The molecule has 3 aromatic heterocycles. The van der Waals surface area contributed by atoms with Crippen molar-refractivity contribution < 1.29 is 40.7 Å². The molecule has 18 heteroatoms. The number of hydrogen-bond acceptors (Lipinski definition) is 10. The molecule has 1 N–H and O–H groups in total. The van der Waals surface area contributed by atoms with Gasteiger partial charge in [-0.15, -0.1) is 5.10 Å². The molecule has 1 aliphatic carbocycles. The maximum Gasteiger partial charge on any atom is 0.410 e. The summed E-state index contributed by atoms with van der Waals surface area (Å²) in [5, 5.41) is 3.84. The first-order valence-corrected chi connectivity index (χ1v) is 19.6. The number of rotatable bonds is 14. The van der Waals surface area contributed by atoms with Gasteiger partial charge in [0.2, 0.25) is 5.88 Å². The number of anilines is 1. The molecule has 1 saturated carbocycles. The topological polar surface area (TPSA) is 149 Å². The maximum absolute atomic E-state index is 13.2. The number of nitrogens with one attached hydrogen (secondary N) is 1. The molecule has 2 fully saturated rings. The lowest BCUT2D eigenvalue weighted by Gasteiger charge is -2.33. The molecule has 2 aliphatic rings. The minimum atomic E-state index is -4.32. The average Bonchev–Trinajstić information content (AvgIpc) is 3.61. The standard InChI is InChI=1S/C36H47ClF3N7O6S/c1-33(2,3)53-32(49)46-23-24(21-34(46,4)5)9-7-8-18-45(6)27-12-10-25(22-41-27)54(50,51)44-31(48)26-11-13-28(42-30(26)37)47-19-14-29(43-47)52-20-17-35(15-16-35)36(38,39)40/h10-14,19,22,24H,7-9,15-18,20-21,23H2,1-6H3,(H,44,48). The third-order valence-corrected chi connectivity index (χ3v) is 11.3. The second kappa shape index (κ2) is 15.6. The fraction of sp³-hybridized carbons (Fsp3) is 0.583. The third kappa shape index (κ3) is 9.94. The largest absolute Gasteiger partial charge is 0.477 e. The van der Waals surface area contributed by atoms with Crippen molar-refractivity contribution in [1.82, 2.24) is 29.4 Å². The highest BCUT2D eigenvalue weighted by molar-refractivity contribution is 7.90. The Hall–Kier alpha value is -4.12. The Morgan fingerprint density at radius 3 is 2.43 bits per heavy atom. The van der Waals surface area contributed by atoms with Crippen LogP contribution in [-0.4, -0.2) is 89.1 Å². The number of unbranched alkanes of at least 4 members (excludes halogenated alkanes) is 1. The van der Waals surface area contributed by atoms with E-state index in [-0.39, 0.29) is 64.8 Å². The van der Waals surface area contributed by atoms with E-state index < -0.39 is 33.1 Å². The Labute approximate surface area is 318 Å². The van der Waals surface area contributed by atoms with Crippen LogP contribution in [0.2, 0.25) is 5.15 Å². The number of carbonyl (C=O) groups is 2. The van der Waals surface area contributed by atoms with E-state index in [0.717, 1.165) is 25.7 Å². The van der Waals surface area contributed by atoms with E-state index >= 15 is 0 Å². The molecule has 1 unspecified atom stereocenters. The zero-order valence-electron chi connectivity index (χ0n) is 31.2. The number of halogens is 4. The van der Waals surface area contributed by atoms with Crippen molar-refractivity contribution in [2.24, 2.45) is 11.3 Å². The molecule has 1 aliphatic heterocycles. The van der Waals surface area contributed by atoms with Crippen LogP contribution in [0.3, 0.4) is 0 Å². The normalized spacial score (nSPS) is 18.0. The Bertz CT molecular complexity index is 1930. The van der Waals surface area contributed by atoms with E-state index in [1.54, 1.807) is 6.07 Å². The number of alkyl halides is 3. The Morgan fingerprint density at radius 1 is 1.09 bits per heavy atom. The van der Waals surface area contributed by atoms with E-state index in [0.29, 0.717) is 24.8 Å². The van der Waals surface area contributed by atoms with Crippen molar-refractivity contribution >= 4 is 39.4 Å². The summed E-state index contributed by atoms with van der Waals surface area (Å²) in [6.45, 7) is 10.9. The van der Waals surface area contributed by atoms with Crippen LogP contribution in [-0.2, 0) is 14.8 Å². The first-order chi connectivity index (χ1) is 25.1. The molecule has 0 bridgehead atoms. The first-order valence-electron chi connectivity index (χ1n) is 17.8. The van der Waals surface area contributed by atoms with E-state index in [1.807, 2.05) is 42.3 Å². The van der Waals surface area contributed by atoms with Crippen molar-refractivity contribution in [3.63, 3.8) is 0 Å². The van der Waals surface area contributed by atoms with Crippen LogP contribution >= 0.6 is 11.6 Å². The number of hydrogen-bond donors (Lipinski definition) is 1. The lowest BCUT2D eigenvalue weighted by Crippen LogP contribution is -2.45. The van der Waals surface area contributed by atoms with Crippen molar-refractivity contribution in [1.29, 1.82) is 0 Å². The number of amides is 2. The molecular formula is C36H47ClF3N7O6S. The van der Waals surface area contributed by atoms with Crippen LogP contribution in [0.25, 0.3) is 5.82 Å². The Morgan fingerprint density at radius 2 is 1.81 bits per heavy atom. The fourth-order valence-electron chi connectivity index (χ4n) is 6.52. The van der Waals surface area contributed by atoms with Gasteiger partial charge in [0.15, 0.2) is 5.82 Å². The molecule has 0 radical (unpaired) electrons. The van der Waals surface area contributed by atoms with Crippen molar-refractivity contribution in [2.75, 3.05) is 31.6 Å². The number of carbonyl (C=O) groups excluding carboxylic acids is 2. The molecular weight excluding hydrogens is 751 g/mol. The van der Waals surface area contributed by atoms with Crippen LogP contribution in [0.5, 0.6) is 5.88 Å². The predicted molar refractivity (Wildman–Crippen MR) is 195 cm³/mol. The molecule has 3 aromatic rings.